The van der Waals surface area contributed by atoms with Gasteiger partial charge in [0.15, 0.2) is 6.23 Å². The van der Waals surface area contributed by atoms with Crippen LogP contribution in [0.3, 0.4) is 0 Å². The number of hydrogen-bond donors (Lipinski definition) is 0. The molecule has 1 saturated heterocycles. The molecule has 3 nitrogen and oxygen atoms in total. The molecular formula is C23H31NO2. The average molecular weight is 354 g/mol. The molecule has 0 unspecified atom stereocenters. The van der Waals surface area contributed by atoms with E-state index in [2.05, 4.69) is 39.5 Å². The molecule has 0 aromatic heterocycles. The lowest BCUT2D eigenvalue weighted by Crippen LogP contribution is -2.65. The van der Waals surface area contributed by atoms with Gasteiger partial charge in [0.1, 0.15) is 0 Å². The number of nitrogens with zero attached hydrogens (tertiary/aromatic N) is 1. The number of ether oxygens (including phenoxy) is 1. The minimum atomic E-state index is -0.360. The summed E-state index contributed by atoms with van der Waals surface area (Å²) < 4.78 is 6.48. The van der Waals surface area contributed by atoms with E-state index in [9.17, 15) is 4.79 Å². The minimum absolute atomic E-state index is 0.0187. The number of benzene rings is 1. The Morgan fingerprint density at radius 2 is 1.96 bits per heavy atom. The molecule has 1 aromatic rings. The van der Waals surface area contributed by atoms with Gasteiger partial charge in [0.2, 0.25) is 0 Å². The Bertz CT molecular complexity index is 691. The Balaban J connectivity index is 1.94. The van der Waals surface area contributed by atoms with E-state index in [0.29, 0.717) is 17.4 Å². The maximum absolute atomic E-state index is 13.0. The summed E-state index contributed by atoms with van der Waals surface area (Å²) in [6.45, 7) is 12.4. The van der Waals surface area contributed by atoms with Crippen molar-refractivity contribution in [3.8, 4) is 0 Å². The summed E-state index contributed by atoms with van der Waals surface area (Å²) in [6.07, 6.45) is 7.29. The van der Waals surface area contributed by atoms with Gasteiger partial charge in [-0.25, -0.2) is 0 Å². The highest BCUT2D eigenvalue weighted by atomic mass is 16.5. The van der Waals surface area contributed by atoms with E-state index in [1.54, 1.807) is 6.92 Å². The second kappa shape index (κ2) is 7.40. The van der Waals surface area contributed by atoms with Crippen molar-refractivity contribution in [1.82, 2.24) is 4.90 Å². The Kier molecular flexibility index (Phi) is 5.38. The summed E-state index contributed by atoms with van der Waals surface area (Å²) in [5, 5.41) is 0. The largest absolute Gasteiger partial charge is 0.351 e. The molecule has 1 saturated carbocycles. The van der Waals surface area contributed by atoms with Crippen LogP contribution in [0.2, 0.25) is 0 Å². The van der Waals surface area contributed by atoms with E-state index in [4.69, 9.17) is 4.74 Å². The molecule has 1 aromatic carbocycles. The van der Waals surface area contributed by atoms with Gasteiger partial charge >= 0.3 is 0 Å². The number of rotatable bonds is 3. The molecule has 0 radical (unpaired) electrons. The second-order valence-electron chi connectivity index (χ2n) is 8.47. The zero-order chi connectivity index (χ0) is 18.9. The molecule has 1 heterocycles. The van der Waals surface area contributed by atoms with Crippen LogP contribution in [-0.4, -0.2) is 28.7 Å². The summed E-state index contributed by atoms with van der Waals surface area (Å²) in [7, 11) is 0. The van der Waals surface area contributed by atoms with Crippen molar-refractivity contribution < 1.29 is 9.53 Å². The Hall–Kier alpha value is -1.87. The first-order valence-electron chi connectivity index (χ1n) is 9.68. The molecular weight excluding hydrogens is 322 g/mol. The third kappa shape index (κ3) is 3.64. The highest BCUT2D eigenvalue weighted by Gasteiger charge is 2.51. The molecule has 2 aliphatic rings. The van der Waals surface area contributed by atoms with E-state index >= 15 is 0 Å². The van der Waals surface area contributed by atoms with E-state index in [-0.39, 0.29) is 23.8 Å². The van der Waals surface area contributed by atoms with Crippen LogP contribution in [0.25, 0.3) is 6.08 Å². The monoisotopic (exact) mass is 353 g/mol. The Morgan fingerprint density at radius 1 is 1.27 bits per heavy atom. The Labute approximate surface area is 157 Å². The molecule has 0 spiro atoms. The van der Waals surface area contributed by atoms with Crippen molar-refractivity contribution in [2.75, 3.05) is 0 Å². The molecule has 2 fully saturated rings. The predicted molar refractivity (Wildman–Crippen MR) is 106 cm³/mol. The minimum Gasteiger partial charge on any atom is -0.351 e. The van der Waals surface area contributed by atoms with Crippen LogP contribution < -0.4 is 0 Å². The third-order valence-electron chi connectivity index (χ3n) is 5.99. The molecule has 3 heteroatoms. The predicted octanol–water partition coefficient (Wildman–Crippen LogP) is 5.04. The van der Waals surface area contributed by atoms with Crippen LogP contribution in [0, 0.1) is 11.8 Å². The van der Waals surface area contributed by atoms with E-state index in [1.807, 2.05) is 35.3 Å². The molecule has 1 amide bonds. The summed E-state index contributed by atoms with van der Waals surface area (Å²) in [4.78, 5) is 14.9. The van der Waals surface area contributed by atoms with Crippen molar-refractivity contribution >= 4 is 12.0 Å². The van der Waals surface area contributed by atoms with E-state index in [0.717, 1.165) is 18.4 Å². The average Bonchev–Trinajstić information content (AvgIpc) is 2.59. The summed E-state index contributed by atoms with van der Waals surface area (Å²) in [5.41, 5.74) is 1.41. The van der Waals surface area contributed by atoms with Crippen LogP contribution in [-0.2, 0) is 9.53 Å². The van der Waals surface area contributed by atoms with E-state index in [1.165, 1.54) is 6.42 Å². The van der Waals surface area contributed by atoms with Gasteiger partial charge in [0.05, 0.1) is 6.10 Å². The van der Waals surface area contributed by atoms with Gasteiger partial charge in [-0.05, 0) is 51.2 Å². The fourth-order valence-electron chi connectivity index (χ4n) is 4.51. The van der Waals surface area contributed by atoms with Gasteiger partial charge in [-0.2, -0.15) is 0 Å². The molecule has 0 N–H and O–H groups in total. The molecule has 140 valence electrons. The van der Waals surface area contributed by atoms with Gasteiger partial charge in [0, 0.05) is 17.0 Å². The lowest BCUT2D eigenvalue weighted by molar-refractivity contribution is -0.213. The van der Waals surface area contributed by atoms with Crippen LogP contribution in [0.4, 0.5) is 0 Å². The standard InChI is InChI=1S/C23H31NO2/c1-16(2)22(25)24-21(14-12-18-9-7-6-8-10-18)26-20-15-17(3)11-13-19(20)23(24,4)5/h6-10,12,14,17,19-21H,1,11,13,15H2,2-5H3/b14-12+/t17-,19-,20-,21+/m1/s1. The first kappa shape index (κ1) is 18.9. The van der Waals surface area contributed by atoms with Gasteiger partial charge in [0.25, 0.3) is 5.91 Å². The maximum atomic E-state index is 13.0. The zero-order valence-corrected chi connectivity index (χ0v) is 16.4. The van der Waals surface area contributed by atoms with Gasteiger partial charge < -0.3 is 9.64 Å². The highest BCUT2D eigenvalue weighted by molar-refractivity contribution is 5.93. The van der Waals surface area contributed by atoms with Gasteiger partial charge in [-0.1, -0.05) is 56.3 Å². The van der Waals surface area contributed by atoms with Gasteiger partial charge in [-0.3, -0.25) is 4.79 Å². The Morgan fingerprint density at radius 3 is 2.62 bits per heavy atom. The first-order chi connectivity index (χ1) is 12.3. The topological polar surface area (TPSA) is 29.5 Å². The van der Waals surface area contributed by atoms with Crippen LogP contribution >= 0.6 is 0 Å². The molecule has 3 rings (SSSR count). The number of carbonyl (C=O) groups is 1. The maximum Gasteiger partial charge on any atom is 0.251 e. The van der Waals surface area contributed by atoms with Gasteiger partial charge in [-0.15, -0.1) is 0 Å². The summed E-state index contributed by atoms with van der Waals surface area (Å²) in [5.74, 6) is 1.02. The van der Waals surface area contributed by atoms with Crippen LogP contribution in [0.1, 0.15) is 52.5 Å². The molecule has 1 aliphatic heterocycles. The highest BCUT2D eigenvalue weighted by Crippen LogP contribution is 2.45. The lowest BCUT2D eigenvalue weighted by Gasteiger charge is -2.56. The molecule has 0 bridgehead atoms. The number of fused-ring (bicyclic) bond motifs is 1. The number of amides is 1. The van der Waals surface area contributed by atoms with Crippen LogP contribution in [0.5, 0.6) is 0 Å². The lowest BCUT2D eigenvalue weighted by atomic mass is 9.69. The number of carbonyl (C=O) groups excluding carboxylic acids is 1. The molecule has 1 aliphatic carbocycles. The van der Waals surface area contributed by atoms with Crippen molar-refractivity contribution in [2.24, 2.45) is 11.8 Å². The SMILES string of the molecule is C=C(C)C(=O)N1[C@H](/C=C/c2ccccc2)O[C@@H]2C[C@H](C)CC[C@H]2C1(C)C. The van der Waals surface area contributed by atoms with E-state index < -0.39 is 0 Å². The smallest absolute Gasteiger partial charge is 0.251 e. The zero-order valence-electron chi connectivity index (χ0n) is 16.4. The van der Waals surface area contributed by atoms with Crippen molar-refractivity contribution in [1.29, 1.82) is 0 Å². The molecule has 4 atom stereocenters. The second-order valence-corrected chi connectivity index (χ2v) is 8.47. The first-order valence-corrected chi connectivity index (χ1v) is 9.68. The number of hydrogen-bond acceptors (Lipinski definition) is 2. The third-order valence-corrected chi connectivity index (χ3v) is 5.99. The molecule has 26 heavy (non-hydrogen) atoms. The van der Waals surface area contributed by atoms with Crippen LogP contribution in [0.15, 0.2) is 48.6 Å². The van der Waals surface area contributed by atoms with Crippen molar-refractivity contribution in [3.63, 3.8) is 0 Å². The summed E-state index contributed by atoms with van der Waals surface area (Å²) >= 11 is 0. The summed E-state index contributed by atoms with van der Waals surface area (Å²) in [6, 6.07) is 10.1. The van der Waals surface area contributed by atoms with Crippen molar-refractivity contribution in [3.05, 3.63) is 54.1 Å². The quantitative estimate of drug-likeness (QED) is 0.712. The normalized spacial score (nSPS) is 30.8. The fourth-order valence-corrected chi connectivity index (χ4v) is 4.51. The van der Waals surface area contributed by atoms with Crippen molar-refractivity contribution in [2.45, 2.75) is 64.8 Å². The fraction of sp³-hybridized carbons (Fsp3) is 0.522.